The topological polar surface area (TPSA) is 119 Å². The molecule has 1 heterocycles. The van der Waals surface area contributed by atoms with Gasteiger partial charge in [0.15, 0.2) is 6.61 Å². The molecule has 0 aromatic heterocycles. The summed E-state index contributed by atoms with van der Waals surface area (Å²) in [4.78, 5) is 49.5. The van der Waals surface area contributed by atoms with Gasteiger partial charge in [-0.2, -0.15) is 0 Å². The van der Waals surface area contributed by atoms with Crippen LogP contribution in [0, 0.1) is 17.0 Å². The van der Waals surface area contributed by atoms with Crippen molar-refractivity contribution in [1.82, 2.24) is 4.90 Å². The highest BCUT2D eigenvalue weighted by molar-refractivity contribution is 9.10. The molecule has 3 amide bonds. The summed E-state index contributed by atoms with van der Waals surface area (Å²) >= 11 is 10.2. The van der Waals surface area contributed by atoms with Crippen LogP contribution in [0.4, 0.5) is 16.2 Å². The molecular weight excluding hydrogens is 598 g/mol. The number of aryl methyl sites for hydroxylation is 1. The summed E-state index contributed by atoms with van der Waals surface area (Å²) in [5, 5.41) is 14.0. The molecular formula is C26H19BrClN3O6S. The molecule has 194 valence electrons. The van der Waals surface area contributed by atoms with Crippen molar-refractivity contribution in [2.75, 3.05) is 11.9 Å². The summed E-state index contributed by atoms with van der Waals surface area (Å²) in [6.07, 6.45) is 1.55. The number of anilines is 1. The van der Waals surface area contributed by atoms with Crippen LogP contribution in [0.5, 0.6) is 5.75 Å². The number of thioether (sulfide) groups is 1. The first-order valence-corrected chi connectivity index (χ1v) is 13.1. The first-order valence-electron chi connectivity index (χ1n) is 11.1. The predicted molar refractivity (Wildman–Crippen MR) is 149 cm³/mol. The minimum Gasteiger partial charge on any atom is -0.483 e. The monoisotopic (exact) mass is 615 g/mol. The Morgan fingerprint density at radius 2 is 1.95 bits per heavy atom. The molecule has 1 N–H and O–H groups in total. The molecule has 0 aliphatic carbocycles. The molecule has 1 aliphatic heterocycles. The van der Waals surface area contributed by atoms with E-state index in [4.69, 9.17) is 16.3 Å². The number of nitro groups is 1. The van der Waals surface area contributed by atoms with Crippen molar-refractivity contribution in [1.29, 1.82) is 0 Å². The van der Waals surface area contributed by atoms with Crippen LogP contribution in [0.15, 0.2) is 70.0 Å². The smallest absolute Gasteiger partial charge is 0.293 e. The van der Waals surface area contributed by atoms with Crippen LogP contribution in [0.2, 0.25) is 5.02 Å². The fourth-order valence-corrected chi connectivity index (χ4v) is 5.05. The zero-order chi connectivity index (χ0) is 27.4. The van der Waals surface area contributed by atoms with Crippen molar-refractivity contribution < 1.29 is 24.0 Å². The maximum atomic E-state index is 12.9. The maximum Gasteiger partial charge on any atom is 0.293 e. The van der Waals surface area contributed by atoms with Crippen LogP contribution in [0.25, 0.3) is 6.08 Å². The number of nitrogens with one attached hydrogen (secondary N) is 1. The number of halogens is 2. The molecule has 1 saturated heterocycles. The number of carbonyl (C=O) groups excluding carboxylic acids is 3. The Bertz CT molecular complexity index is 1500. The Kier molecular flexibility index (Phi) is 8.50. The van der Waals surface area contributed by atoms with Crippen LogP contribution in [-0.2, 0) is 16.1 Å². The zero-order valence-electron chi connectivity index (χ0n) is 19.8. The zero-order valence-corrected chi connectivity index (χ0v) is 22.9. The molecule has 1 fully saturated rings. The second-order valence-corrected chi connectivity index (χ2v) is 10.4. The summed E-state index contributed by atoms with van der Waals surface area (Å²) in [5.74, 6) is -0.501. The minimum atomic E-state index is -0.548. The average molecular weight is 617 g/mol. The Morgan fingerprint density at radius 1 is 1.18 bits per heavy atom. The summed E-state index contributed by atoms with van der Waals surface area (Å²) < 4.78 is 6.14. The van der Waals surface area contributed by atoms with Crippen LogP contribution < -0.4 is 10.1 Å². The first-order chi connectivity index (χ1) is 18.1. The molecule has 1 aliphatic rings. The van der Waals surface area contributed by atoms with Gasteiger partial charge in [0.1, 0.15) is 5.75 Å². The van der Waals surface area contributed by atoms with Gasteiger partial charge >= 0.3 is 0 Å². The number of benzene rings is 3. The standard InChI is InChI=1S/C26H19BrClN3O6S/c1-15-6-8-18(12-20(15)28)29-24(32)14-37-22-9-7-16(10-19(22)27)11-23-25(33)30(26(34)38-23)13-17-4-2-3-5-21(17)31(35)36/h2-12H,13-14H2,1H3,(H,29,32)/b23-11-. The Labute approximate surface area is 235 Å². The minimum absolute atomic E-state index is 0.161. The fourth-order valence-electron chi connectivity index (χ4n) is 3.52. The number of hydrogen-bond donors (Lipinski definition) is 1. The average Bonchev–Trinajstić information content (AvgIpc) is 3.13. The van der Waals surface area contributed by atoms with Crippen molar-refractivity contribution in [3.63, 3.8) is 0 Å². The fraction of sp³-hybridized carbons (Fsp3) is 0.115. The van der Waals surface area contributed by atoms with Gasteiger partial charge in [0, 0.05) is 22.3 Å². The number of imide groups is 1. The van der Waals surface area contributed by atoms with E-state index < -0.39 is 16.1 Å². The third kappa shape index (κ3) is 6.42. The first kappa shape index (κ1) is 27.4. The van der Waals surface area contributed by atoms with E-state index in [0.29, 0.717) is 26.5 Å². The predicted octanol–water partition coefficient (Wildman–Crippen LogP) is 6.57. The van der Waals surface area contributed by atoms with Crippen molar-refractivity contribution >= 4 is 73.8 Å². The second kappa shape index (κ2) is 11.8. The van der Waals surface area contributed by atoms with E-state index in [2.05, 4.69) is 21.2 Å². The highest BCUT2D eigenvalue weighted by atomic mass is 79.9. The lowest BCUT2D eigenvalue weighted by molar-refractivity contribution is -0.385. The van der Waals surface area contributed by atoms with Gasteiger partial charge in [-0.05, 0) is 76.1 Å². The van der Waals surface area contributed by atoms with E-state index in [9.17, 15) is 24.5 Å². The summed E-state index contributed by atoms with van der Waals surface area (Å²) in [7, 11) is 0. The molecule has 0 radical (unpaired) electrons. The van der Waals surface area contributed by atoms with E-state index in [0.717, 1.165) is 22.2 Å². The summed E-state index contributed by atoms with van der Waals surface area (Å²) in [6, 6.07) is 16.2. The van der Waals surface area contributed by atoms with Crippen molar-refractivity contribution in [3.8, 4) is 5.75 Å². The molecule has 0 spiro atoms. The number of amides is 3. The number of hydrogen-bond acceptors (Lipinski definition) is 7. The van der Waals surface area contributed by atoms with Crippen molar-refractivity contribution in [2.45, 2.75) is 13.5 Å². The summed E-state index contributed by atoms with van der Waals surface area (Å²) in [5.41, 5.74) is 2.17. The molecule has 0 saturated carbocycles. The van der Waals surface area contributed by atoms with Crippen LogP contribution in [0.1, 0.15) is 16.7 Å². The van der Waals surface area contributed by atoms with E-state index in [1.54, 1.807) is 48.5 Å². The largest absolute Gasteiger partial charge is 0.483 e. The van der Waals surface area contributed by atoms with Crippen LogP contribution >= 0.6 is 39.3 Å². The van der Waals surface area contributed by atoms with Gasteiger partial charge in [0.05, 0.1) is 20.8 Å². The molecule has 0 unspecified atom stereocenters. The normalized spacial score (nSPS) is 14.2. The number of nitro benzene ring substituents is 1. The number of para-hydroxylation sites is 1. The number of nitrogens with zero attached hydrogens (tertiary/aromatic N) is 2. The van der Waals surface area contributed by atoms with Gasteiger partial charge in [-0.25, -0.2) is 0 Å². The summed E-state index contributed by atoms with van der Waals surface area (Å²) in [6.45, 7) is 1.42. The molecule has 12 heteroatoms. The molecule has 3 aromatic rings. The highest BCUT2D eigenvalue weighted by Gasteiger charge is 2.36. The molecule has 4 rings (SSSR count). The number of rotatable bonds is 8. The van der Waals surface area contributed by atoms with Crippen LogP contribution in [-0.4, -0.2) is 33.5 Å². The van der Waals surface area contributed by atoms with Crippen molar-refractivity contribution in [3.05, 3.63) is 102 Å². The lowest BCUT2D eigenvalue weighted by atomic mass is 10.1. The lowest BCUT2D eigenvalue weighted by Crippen LogP contribution is -2.27. The van der Waals surface area contributed by atoms with Gasteiger partial charge in [0.25, 0.3) is 22.7 Å². The Morgan fingerprint density at radius 3 is 2.66 bits per heavy atom. The Balaban J connectivity index is 1.40. The Hall–Kier alpha value is -3.67. The van der Waals surface area contributed by atoms with E-state index in [-0.39, 0.29) is 35.2 Å². The molecule has 38 heavy (non-hydrogen) atoms. The highest BCUT2D eigenvalue weighted by Crippen LogP contribution is 2.35. The van der Waals surface area contributed by atoms with Gasteiger partial charge < -0.3 is 10.1 Å². The van der Waals surface area contributed by atoms with Crippen LogP contribution in [0.3, 0.4) is 0 Å². The second-order valence-electron chi connectivity index (χ2n) is 8.14. The van der Waals surface area contributed by atoms with Crippen molar-refractivity contribution in [2.24, 2.45) is 0 Å². The van der Waals surface area contributed by atoms with Gasteiger partial charge in [-0.1, -0.05) is 41.9 Å². The third-order valence-corrected chi connectivity index (χ3v) is 7.39. The molecule has 0 atom stereocenters. The third-order valence-electron chi connectivity index (χ3n) is 5.46. The van der Waals surface area contributed by atoms with Gasteiger partial charge in [-0.15, -0.1) is 0 Å². The number of ether oxygens (including phenoxy) is 1. The van der Waals surface area contributed by atoms with Gasteiger partial charge in [0.2, 0.25) is 0 Å². The van der Waals surface area contributed by atoms with E-state index in [1.165, 1.54) is 18.2 Å². The maximum absolute atomic E-state index is 12.9. The van der Waals surface area contributed by atoms with E-state index >= 15 is 0 Å². The quantitative estimate of drug-likeness (QED) is 0.173. The number of carbonyl (C=O) groups is 3. The molecule has 0 bridgehead atoms. The van der Waals surface area contributed by atoms with Gasteiger partial charge in [-0.3, -0.25) is 29.4 Å². The molecule has 3 aromatic carbocycles. The SMILES string of the molecule is Cc1ccc(NC(=O)COc2ccc(/C=C3\SC(=O)N(Cc4ccccc4[N+](=O)[O-])C3=O)cc2Br)cc1Cl. The lowest BCUT2D eigenvalue weighted by Gasteiger charge is -2.12. The molecule has 9 nitrogen and oxygen atoms in total. The van der Waals surface area contributed by atoms with E-state index in [1.807, 2.05) is 6.92 Å².